The molecule has 1 aromatic heterocycles. The van der Waals surface area contributed by atoms with Crippen molar-refractivity contribution in [3.05, 3.63) is 40.8 Å². The van der Waals surface area contributed by atoms with E-state index in [-0.39, 0.29) is 11.9 Å². The summed E-state index contributed by atoms with van der Waals surface area (Å²) in [5.74, 6) is -0.0168. The van der Waals surface area contributed by atoms with Crippen molar-refractivity contribution < 1.29 is 9.53 Å². The molecule has 2 aromatic rings. The van der Waals surface area contributed by atoms with Gasteiger partial charge in [0.15, 0.2) is 0 Å². The number of ether oxygens (including phenoxy) is 1. The van der Waals surface area contributed by atoms with Crippen molar-refractivity contribution >= 4 is 28.6 Å². The molecule has 3 rings (SSSR count). The van der Waals surface area contributed by atoms with Crippen LogP contribution in [0.15, 0.2) is 35.2 Å². The monoisotopic (exact) mass is 360 g/mol. The van der Waals surface area contributed by atoms with Crippen LogP contribution in [0.4, 0.5) is 11.4 Å². The summed E-state index contributed by atoms with van der Waals surface area (Å²) in [7, 11) is 1.94. The Morgan fingerprint density at radius 3 is 2.72 bits per heavy atom. The zero-order valence-corrected chi connectivity index (χ0v) is 15.5. The average molecular weight is 360 g/mol. The smallest absolute Gasteiger partial charge is 0.241 e. The second-order valence-electron chi connectivity index (χ2n) is 6.21. The molecule has 0 aliphatic carbocycles. The Morgan fingerprint density at radius 2 is 2.08 bits per heavy atom. The van der Waals surface area contributed by atoms with E-state index in [1.807, 2.05) is 54.0 Å². The zero-order valence-electron chi connectivity index (χ0n) is 14.6. The number of hydrogen-bond acceptors (Lipinski definition) is 6. The van der Waals surface area contributed by atoms with E-state index in [1.54, 1.807) is 11.3 Å². The van der Waals surface area contributed by atoms with Crippen molar-refractivity contribution in [2.75, 3.05) is 43.6 Å². The molecule has 0 radical (unpaired) electrons. The molecule has 1 aromatic carbocycles. The molecule has 1 atom stereocenters. The zero-order chi connectivity index (χ0) is 17.6. The average Bonchev–Trinajstić information content (AvgIpc) is 3.15. The van der Waals surface area contributed by atoms with Crippen molar-refractivity contribution in [1.82, 2.24) is 9.88 Å². The fourth-order valence-corrected chi connectivity index (χ4v) is 3.28. The Bertz CT molecular complexity index is 669. The molecule has 7 heteroatoms. The van der Waals surface area contributed by atoms with E-state index in [4.69, 9.17) is 4.74 Å². The molecule has 0 unspecified atom stereocenters. The third kappa shape index (κ3) is 4.78. The van der Waals surface area contributed by atoms with E-state index in [0.717, 1.165) is 43.4 Å². The predicted octanol–water partition coefficient (Wildman–Crippen LogP) is 2.44. The molecular weight excluding hydrogens is 336 g/mol. The Hall–Kier alpha value is -1.96. The first-order chi connectivity index (χ1) is 12.1. The Labute approximate surface area is 152 Å². The minimum absolute atomic E-state index is 0.0168. The van der Waals surface area contributed by atoms with Gasteiger partial charge in [0.25, 0.3) is 0 Å². The summed E-state index contributed by atoms with van der Waals surface area (Å²) in [6, 6.07) is 7.77. The van der Waals surface area contributed by atoms with Crippen LogP contribution in [-0.2, 0) is 16.1 Å². The molecule has 0 saturated carbocycles. The Balaban J connectivity index is 1.54. The highest BCUT2D eigenvalue weighted by Crippen LogP contribution is 2.19. The minimum Gasteiger partial charge on any atom is -0.378 e. The number of anilines is 2. The lowest BCUT2D eigenvalue weighted by Gasteiger charge is -2.29. The molecule has 2 heterocycles. The number of carbonyl (C=O) groups excluding carboxylic acids is 1. The third-order valence-corrected chi connectivity index (χ3v) is 5.08. The van der Waals surface area contributed by atoms with Crippen molar-refractivity contribution in [3.8, 4) is 0 Å². The van der Waals surface area contributed by atoms with Gasteiger partial charge in [-0.25, -0.2) is 4.98 Å². The molecule has 0 bridgehead atoms. The molecule has 1 saturated heterocycles. The maximum atomic E-state index is 12.5. The van der Waals surface area contributed by atoms with Gasteiger partial charge in [0.2, 0.25) is 5.91 Å². The SMILES string of the molecule is C[C@H](C(=O)Nc1ccc(N2CCOCC2)cc1)N(C)Cc1cscn1. The number of thiazole rings is 1. The van der Waals surface area contributed by atoms with Crippen LogP contribution in [0.5, 0.6) is 0 Å². The number of aromatic nitrogens is 1. The number of nitrogens with one attached hydrogen (secondary N) is 1. The van der Waals surface area contributed by atoms with E-state index >= 15 is 0 Å². The summed E-state index contributed by atoms with van der Waals surface area (Å²) in [5.41, 5.74) is 4.78. The second kappa shape index (κ2) is 8.42. The van der Waals surface area contributed by atoms with Crippen molar-refractivity contribution in [2.45, 2.75) is 19.5 Å². The third-order valence-electron chi connectivity index (χ3n) is 4.45. The van der Waals surface area contributed by atoms with E-state index in [2.05, 4.69) is 15.2 Å². The van der Waals surface area contributed by atoms with Crippen LogP contribution >= 0.6 is 11.3 Å². The van der Waals surface area contributed by atoms with Crippen LogP contribution in [0.2, 0.25) is 0 Å². The largest absolute Gasteiger partial charge is 0.378 e. The quantitative estimate of drug-likeness (QED) is 0.857. The Morgan fingerprint density at radius 1 is 1.36 bits per heavy atom. The number of benzene rings is 1. The van der Waals surface area contributed by atoms with Gasteiger partial charge in [-0.2, -0.15) is 0 Å². The number of likely N-dealkylation sites (N-methyl/N-ethyl adjacent to an activating group) is 1. The summed E-state index contributed by atoms with van der Waals surface area (Å²) in [5, 5.41) is 5.00. The van der Waals surface area contributed by atoms with E-state index in [1.165, 1.54) is 0 Å². The van der Waals surface area contributed by atoms with Gasteiger partial charge in [0.1, 0.15) is 0 Å². The molecule has 1 N–H and O–H groups in total. The van der Waals surface area contributed by atoms with Crippen LogP contribution in [0.1, 0.15) is 12.6 Å². The fourth-order valence-electron chi connectivity index (χ4n) is 2.73. The number of amides is 1. The van der Waals surface area contributed by atoms with Gasteiger partial charge >= 0.3 is 0 Å². The maximum absolute atomic E-state index is 12.5. The molecule has 1 aliphatic heterocycles. The molecule has 1 fully saturated rings. The van der Waals surface area contributed by atoms with Crippen LogP contribution in [0.3, 0.4) is 0 Å². The number of hydrogen-bond donors (Lipinski definition) is 1. The standard InChI is InChI=1S/C18H24N4O2S/c1-14(21(2)11-16-12-25-13-19-16)18(23)20-15-3-5-17(6-4-15)22-7-9-24-10-8-22/h3-6,12-14H,7-11H2,1-2H3,(H,20,23)/t14-/m1/s1. The highest BCUT2D eigenvalue weighted by Gasteiger charge is 2.19. The van der Waals surface area contributed by atoms with Crippen LogP contribution in [0, 0.1) is 0 Å². The first kappa shape index (κ1) is 17.8. The molecule has 25 heavy (non-hydrogen) atoms. The highest BCUT2D eigenvalue weighted by atomic mass is 32.1. The normalized spacial score (nSPS) is 16.0. The van der Waals surface area contributed by atoms with Crippen LogP contribution in [0.25, 0.3) is 0 Å². The fraction of sp³-hybridized carbons (Fsp3) is 0.444. The number of carbonyl (C=O) groups is 1. The van der Waals surface area contributed by atoms with Gasteiger partial charge in [0.05, 0.1) is 30.5 Å². The highest BCUT2D eigenvalue weighted by molar-refractivity contribution is 7.07. The van der Waals surface area contributed by atoms with Gasteiger partial charge in [-0.15, -0.1) is 11.3 Å². The predicted molar refractivity (Wildman–Crippen MR) is 101 cm³/mol. The van der Waals surface area contributed by atoms with Crippen LogP contribution in [-0.4, -0.2) is 55.2 Å². The lowest BCUT2D eigenvalue weighted by molar-refractivity contribution is -0.120. The maximum Gasteiger partial charge on any atom is 0.241 e. The Kier molecular flexibility index (Phi) is 6.01. The van der Waals surface area contributed by atoms with Gasteiger partial charge < -0.3 is 15.0 Å². The number of nitrogens with zero attached hydrogens (tertiary/aromatic N) is 3. The topological polar surface area (TPSA) is 57.7 Å². The van der Waals surface area contributed by atoms with Gasteiger partial charge in [-0.05, 0) is 38.2 Å². The van der Waals surface area contributed by atoms with Crippen molar-refractivity contribution in [3.63, 3.8) is 0 Å². The van der Waals surface area contributed by atoms with Crippen LogP contribution < -0.4 is 10.2 Å². The molecule has 1 amide bonds. The summed E-state index contributed by atoms with van der Waals surface area (Å²) in [4.78, 5) is 21.0. The van der Waals surface area contributed by atoms with Crippen molar-refractivity contribution in [1.29, 1.82) is 0 Å². The number of morpholine rings is 1. The summed E-state index contributed by atoms with van der Waals surface area (Å²) in [6.45, 7) is 5.91. The molecule has 0 spiro atoms. The summed E-state index contributed by atoms with van der Waals surface area (Å²) >= 11 is 1.57. The van der Waals surface area contributed by atoms with E-state index in [9.17, 15) is 4.79 Å². The molecule has 1 aliphatic rings. The summed E-state index contributed by atoms with van der Waals surface area (Å²) < 4.78 is 5.38. The van der Waals surface area contributed by atoms with Gasteiger partial charge in [-0.3, -0.25) is 9.69 Å². The van der Waals surface area contributed by atoms with Gasteiger partial charge in [-0.1, -0.05) is 0 Å². The van der Waals surface area contributed by atoms with E-state index < -0.39 is 0 Å². The summed E-state index contributed by atoms with van der Waals surface area (Å²) in [6.07, 6.45) is 0. The first-order valence-electron chi connectivity index (χ1n) is 8.44. The first-order valence-corrected chi connectivity index (χ1v) is 9.38. The second-order valence-corrected chi connectivity index (χ2v) is 6.93. The van der Waals surface area contributed by atoms with Crippen molar-refractivity contribution in [2.24, 2.45) is 0 Å². The molecule has 6 nitrogen and oxygen atoms in total. The minimum atomic E-state index is -0.236. The molecular formula is C18H24N4O2S. The van der Waals surface area contributed by atoms with E-state index in [0.29, 0.717) is 6.54 Å². The van der Waals surface area contributed by atoms with Gasteiger partial charge in [0, 0.05) is 36.4 Å². The lowest BCUT2D eigenvalue weighted by atomic mass is 10.2. The lowest BCUT2D eigenvalue weighted by Crippen LogP contribution is -2.39. The number of rotatable bonds is 6. The molecule has 134 valence electrons.